The third-order valence-corrected chi connectivity index (χ3v) is 1.87. The Hall–Kier alpha value is -1.57. The van der Waals surface area contributed by atoms with Crippen molar-refractivity contribution in [1.29, 1.82) is 0 Å². The molecule has 0 spiro atoms. The number of hydrogen-bond acceptors (Lipinski definition) is 2. The Morgan fingerprint density at radius 3 is 2.06 bits per heavy atom. The molecule has 1 rings (SSSR count). The number of ketones is 1. The van der Waals surface area contributed by atoms with Gasteiger partial charge in [-0.15, -0.1) is 0 Å². The van der Waals surface area contributed by atoms with E-state index in [1.807, 2.05) is 58.0 Å². The third-order valence-electron chi connectivity index (χ3n) is 1.87. The predicted octanol–water partition coefficient (Wildman–Crippen LogP) is 3.57. The quantitative estimate of drug-likeness (QED) is 0.870. The van der Waals surface area contributed by atoms with E-state index in [1.54, 1.807) is 0 Å². The summed E-state index contributed by atoms with van der Waals surface area (Å²) in [5, 5.41) is 0. The normalized spacial score (nSPS) is 8.29. The van der Waals surface area contributed by atoms with Crippen LogP contribution in [0.4, 0.5) is 0 Å². The van der Waals surface area contributed by atoms with Crippen LogP contribution in [0.15, 0.2) is 43.1 Å². The maximum Gasteiger partial charge on any atom is 0.139 e. The average Bonchev–Trinajstić information content (AvgIpc) is 2.34. The smallest absolute Gasteiger partial charge is 0.139 e. The van der Waals surface area contributed by atoms with Crippen molar-refractivity contribution in [2.24, 2.45) is 11.7 Å². The van der Waals surface area contributed by atoms with Crippen molar-refractivity contribution in [2.45, 2.75) is 34.1 Å². The Morgan fingerprint density at radius 1 is 1.29 bits per heavy atom. The molecular formula is C15H25NO. The summed E-state index contributed by atoms with van der Waals surface area (Å²) in [6, 6.07) is 9.86. The average molecular weight is 235 g/mol. The highest BCUT2D eigenvalue weighted by atomic mass is 16.1. The van der Waals surface area contributed by atoms with Crippen LogP contribution >= 0.6 is 0 Å². The number of hydrogen-bond donors (Lipinski definition) is 1. The van der Waals surface area contributed by atoms with Crippen molar-refractivity contribution in [3.63, 3.8) is 0 Å². The van der Waals surface area contributed by atoms with Gasteiger partial charge < -0.3 is 5.73 Å². The molecule has 17 heavy (non-hydrogen) atoms. The molecule has 0 aliphatic rings. The zero-order valence-electron chi connectivity index (χ0n) is 11.4. The molecule has 0 radical (unpaired) electrons. The maximum atomic E-state index is 11.3. The lowest BCUT2D eigenvalue weighted by atomic mass is 10.0. The Kier molecular flexibility index (Phi) is 13.1. The summed E-state index contributed by atoms with van der Waals surface area (Å²) < 4.78 is 0. The summed E-state index contributed by atoms with van der Waals surface area (Å²) in [6.07, 6.45) is 1.82. The first-order chi connectivity index (χ1) is 8.11. The summed E-state index contributed by atoms with van der Waals surface area (Å²) in [5.74, 6) is 0.450. The van der Waals surface area contributed by atoms with E-state index < -0.39 is 0 Å². The van der Waals surface area contributed by atoms with Gasteiger partial charge in [-0.1, -0.05) is 64.6 Å². The monoisotopic (exact) mass is 235 g/mol. The van der Waals surface area contributed by atoms with E-state index in [0.717, 1.165) is 5.56 Å². The van der Waals surface area contributed by atoms with Gasteiger partial charge in [0, 0.05) is 12.3 Å². The molecule has 1 aromatic carbocycles. The molecule has 0 saturated carbocycles. The molecule has 0 amide bonds. The minimum atomic E-state index is 0.144. The largest absolute Gasteiger partial charge is 0.405 e. The van der Waals surface area contributed by atoms with Crippen LogP contribution in [0.25, 0.3) is 0 Å². The number of benzene rings is 1. The minimum absolute atomic E-state index is 0.144. The number of nitrogens with two attached hydrogens (primary N) is 1. The fourth-order valence-corrected chi connectivity index (χ4v) is 1.00. The highest BCUT2D eigenvalue weighted by molar-refractivity contribution is 5.82. The molecule has 0 atom stereocenters. The Balaban J connectivity index is 0. The van der Waals surface area contributed by atoms with Gasteiger partial charge in [0.25, 0.3) is 0 Å². The molecule has 2 N–H and O–H groups in total. The Labute approximate surface area is 106 Å². The molecular weight excluding hydrogens is 210 g/mol. The van der Waals surface area contributed by atoms with Gasteiger partial charge in [0.15, 0.2) is 0 Å². The van der Waals surface area contributed by atoms with Crippen molar-refractivity contribution < 1.29 is 4.79 Å². The molecule has 1 aromatic rings. The number of rotatable bonds is 3. The van der Waals surface area contributed by atoms with Gasteiger partial charge in [-0.05, 0) is 11.8 Å². The number of Topliss-reactive ketones (excluding diaryl/α,β-unsaturated/α-hetero) is 1. The zero-order chi connectivity index (χ0) is 13.7. The van der Waals surface area contributed by atoms with Gasteiger partial charge in [0.2, 0.25) is 0 Å². The second-order valence-corrected chi connectivity index (χ2v) is 3.52. The van der Waals surface area contributed by atoms with Gasteiger partial charge in [0.05, 0.1) is 0 Å². The molecule has 96 valence electrons. The summed E-state index contributed by atoms with van der Waals surface area (Å²) in [5.41, 5.74) is 5.72. The maximum absolute atomic E-state index is 11.3. The Bertz CT molecular complexity index is 291. The topological polar surface area (TPSA) is 43.1 Å². The van der Waals surface area contributed by atoms with E-state index in [2.05, 4.69) is 12.3 Å². The summed E-state index contributed by atoms with van der Waals surface area (Å²) in [4.78, 5) is 11.3. The van der Waals surface area contributed by atoms with Gasteiger partial charge in [-0.2, -0.15) is 0 Å². The molecule has 0 saturated heterocycles. The van der Waals surface area contributed by atoms with Crippen LogP contribution in [0.5, 0.6) is 0 Å². The van der Waals surface area contributed by atoms with E-state index in [1.165, 1.54) is 6.20 Å². The number of carbonyl (C=O) groups excluding carboxylic acids is 1. The molecule has 2 heteroatoms. The van der Waals surface area contributed by atoms with Crippen LogP contribution in [0, 0.1) is 5.92 Å². The first kappa shape index (κ1) is 17.8. The van der Waals surface area contributed by atoms with Crippen LogP contribution in [0.3, 0.4) is 0 Å². The first-order valence-corrected chi connectivity index (χ1v) is 6.01. The predicted molar refractivity (Wildman–Crippen MR) is 75.7 cm³/mol. The van der Waals surface area contributed by atoms with Crippen LogP contribution in [0.1, 0.15) is 33.3 Å². The summed E-state index contributed by atoms with van der Waals surface area (Å²) in [6.45, 7) is 11.0. The third kappa shape index (κ3) is 10.7. The lowest BCUT2D eigenvalue weighted by Gasteiger charge is -2.02. The van der Waals surface area contributed by atoms with Crippen molar-refractivity contribution in [1.82, 2.24) is 0 Å². The second kappa shape index (κ2) is 12.5. The fraction of sp³-hybridized carbons (Fsp3) is 0.400. The number of carbonyl (C=O) groups is 1. The van der Waals surface area contributed by atoms with E-state index in [4.69, 9.17) is 0 Å². The molecule has 0 unspecified atom stereocenters. The lowest BCUT2D eigenvalue weighted by Crippen LogP contribution is -2.09. The van der Waals surface area contributed by atoms with Gasteiger partial charge >= 0.3 is 0 Å². The van der Waals surface area contributed by atoms with E-state index in [9.17, 15) is 4.79 Å². The molecule has 0 aliphatic carbocycles. The van der Waals surface area contributed by atoms with E-state index in [-0.39, 0.29) is 5.92 Å². The highest BCUT2D eigenvalue weighted by Gasteiger charge is 2.06. The van der Waals surface area contributed by atoms with Gasteiger partial charge in [0.1, 0.15) is 5.78 Å². The van der Waals surface area contributed by atoms with Crippen molar-refractivity contribution in [3.8, 4) is 0 Å². The minimum Gasteiger partial charge on any atom is -0.405 e. The van der Waals surface area contributed by atoms with Crippen molar-refractivity contribution in [3.05, 3.63) is 48.7 Å². The summed E-state index contributed by atoms with van der Waals surface area (Å²) in [7, 11) is 0. The SMILES string of the molecule is C=CN.CC.CC(C)C(=O)Cc1ccccc1. The van der Waals surface area contributed by atoms with E-state index in [0.29, 0.717) is 12.2 Å². The molecule has 2 nitrogen and oxygen atoms in total. The standard InChI is InChI=1S/C11H14O.C2H5N.C2H6/c1-9(2)11(12)8-10-6-4-3-5-7-10;1-2-3;1-2/h3-7,9H,8H2,1-2H3;2H,1,3H2;1-2H3. The fourth-order valence-electron chi connectivity index (χ4n) is 1.00. The van der Waals surface area contributed by atoms with Gasteiger partial charge in [-0.3, -0.25) is 4.79 Å². The molecule has 0 heterocycles. The lowest BCUT2D eigenvalue weighted by molar-refractivity contribution is -0.121. The Morgan fingerprint density at radius 2 is 1.71 bits per heavy atom. The molecule has 0 aliphatic heterocycles. The molecule has 0 aromatic heterocycles. The van der Waals surface area contributed by atoms with E-state index >= 15 is 0 Å². The second-order valence-electron chi connectivity index (χ2n) is 3.52. The first-order valence-electron chi connectivity index (χ1n) is 6.01. The van der Waals surface area contributed by atoms with Crippen LogP contribution in [-0.2, 0) is 11.2 Å². The van der Waals surface area contributed by atoms with Crippen molar-refractivity contribution >= 4 is 5.78 Å². The molecule has 0 fully saturated rings. The molecule has 0 bridgehead atoms. The van der Waals surface area contributed by atoms with Gasteiger partial charge in [-0.25, -0.2) is 0 Å². The zero-order valence-corrected chi connectivity index (χ0v) is 11.4. The van der Waals surface area contributed by atoms with Crippen LogP contribution in [0.2, 0.25) is 0 Å². The van der Waals surface area contributed by atoms with Crippen LogP contribution in [-0.4, -0.2) is 5.78 Å². The van der Waals surface area contributed by atoms with Crippen LogP contribution < -0.4 is 5.73 Å². The van der Waals surface area contributed by atoms with Crippen molar-refractivity contribution in [2.75, 3.05) is 0 Å². The highest BCUT2D eigenvalue weighted by Crippen LogP contribution is 2.04. The summed E-state index contributed by atoms with van der Waals surface area (Å²) >= 11 is 0.